The predicted octanol–water partition coefficient (Wildman–Crippen LogP) is 4.27. The molecule has 0 spiro atoms. The van der Waals surface area contributed by atoms with Crippen molar-refractivity contribution in [3.8, 4) is 0 Å². The van der Waals surface area contributed by atoms with Gasteiger partial charge in [0.2, 0.25) is 5.91 Å². The van der Waals surface area contributed by atoms with Gasteiger partial charge in [-0.05, 0) is 36.1 Å². The maximum Gasteiger partial charge on any atom is 0.224 e. The molecule has 0 aromatic heterocycles. The summed E-state index contributed by atoms with van der Waals surface area (Å²) in [6, 6.07) is 14.3. The number of hydrogen-bond donors (Lipinski definition) is 1. The SMILES string of the molecule is Cc1ccc(F)cc1NC(=O)CC(C)c1ccccc1. The lowest BCUT2D eigenvalue weighted by Gasteiger charge is -2.13. The van der Waals surface area contributed by atoms with Gasteiger partial charge in [-0.1, -0.05) is 43.3 Å². The van der Waals surface area contributed by atoms with Gasteiger partial charge in [0.15, 0.2) is 0 Å². The van der Waals surface area contributed by atoms with Gasteiger partial charge >= 0.3 is 0 Å². The van der Waals surface area contributed by atoms with Gasteiger partial charge in [-0.3, -0.25) is 4.79 Å². The lowest BCUT2D eigenvalue weighted by molar-refractivity contribution is -0.116. The number of carbonyl (C=O) groups excluding carboxylic acids is 1. The van der Waals surface area contributed by atoms with E-state index in [2.05, 4.69) is 5.32 Å². The third-order valence-electron chi connectivity index (χ3n) is 3.33. The Bertz CT molecular complexity index is 595. The van der Waals surface area contributed by atoms with Crippen LogP contribution in [0, 0.1) is 12.7 Å². The fourth-order valence-corrected chi connectivity index (χ4v) is 2.11. The molecule has 0 radical (unpaired) electrons. The van der Waals surface area contributed by atoms with Gasteiger partial charge in [-0.2, -0.15) is 0 Å². The normalized spacial score (nSPS) is 11.9. The standard InChI is InChI=1S/C17H18FNO/c1-12-8-9-15(18)11-16(12)19-17(20)10-13(2)14-6-4-3-5-7-14/h3-9,11,13H,10H2,1-2H3,(H,19,20). The molecule has 1 atom stereocenters. The van der Waals surface area contributed by atoms with Crippen molar-refractivity contribution in [3.63, 3.8) is 0 Å². The third kappa shape index (κ3) is 3.67. The first-order valence-corrected chi connectivity index (χ1v) is 6.67. The highest BCUT2D eigenvalue weighted by Crippen LogP contribution is 2.21. The number of benzene rings is 2. The second-order valence-electron chi connectivity index (χ2n) is 5.02. The van der Waals surface area contributed by atoms with E-state index in [-0.39, 0.29) is 17.6 Å². The monoisotopic (exact) mass is 271 g/mol. The third-order valence-corrected chi connectivity index (χ3v) is 3.33. The van der Waals surface area contributed by atoms with E-state index in [4.69, 9.17) is 0 Å². The minimum absolute atomic E-state index is 0.102. The van der Waals surface area contributed by atoms with Crippen LogP contribution in [-0.2, 0) is 4.79 Å². The van der Waals surface area contributed by atoms with E-state index < -0.39 is 0 Å². The molecule has 2 nitrogen and oxygen atoms in total. The molecule has 0 heterocycles. The van der Waals surface area contributed by atoms with Crippen LogP contribution < -0.4 is 5.32 Å². The topological polar surface area (TPSA) is 29.1 Å². The number of hydrogen-bond acceptors (Lipinski definition) is 1. The molecule has 20 heavy (non-hydrogen) atoms. The van der Waals surface area contributed by atoms with Crippen molar-refractivity contribution < 1.29 is 9.18 Å². The van der Waals surface area contributed by atoms with Crippen LogP contribution in [0.4, 0.5) is 10.1 Å². The Labute approximate surface area is 118 Å². The minimum Gasteiger partial charge on any atom is -0.326 e. The Kier molecular flexibility index (Phi) is 4.51. The van der Waals surface area contributed by atoms with Crippen LogP contribution in [0.1, 0.15) is 30.4 Å². The smallest absolute Gasteiger partial charge is 0.224 e. The van der Waals surface area contributed by atoms with E-state index in [1.165, 1.54) is 12.1 Å². The van der Waals surface area contributed by atoms with Gasteiger partial charge in [-0.15, -0.1) is 0 Å². The molecule has 3 heteroatoms. The summed E-state index contributed by atoms with van der Waals surface area (Å²) in [6.45, 7) is 3.85. The lowest BCUT2D eigenvalue weighted by atomic mass is 9.97. The summed E-state index contributed by atoms with van der Waals surface area (Å²) in [5.74, 6) is -0.317. The van der Waals surface area contributed by atoms with Crippen molar-refractivity contribution in [1.82, 2.24) is 0 Å². The van der Waals surface area contributed by atoms with Gasteiger partial charge in [0.25, 0.3) is 0 Å². The second kappa shape index (κ2) is 6.33. The van der Waals surface area contributed by atoms with E-state index in [1.54, 1.807) is 6.07 Å². The first-order chi connectivity index (χ1) is 9.56. The van der Waals surface area contributed by atoms with Crippen molar-refractivity contribution in [2.45, 2.75) is 26.2 Å². The Morgan fingerprint density at radius 2 is 1.90 bits per heavy atom. The zero-order valence-electron chi connectivity index (χ0n) is 11.7. The number of anilines is 1. The number of aryl methyl sites for hydroxylation is 1. The van der Waals surface area contributed by atoms with Crippen LogP contribution in [0.3, 0.4) is 0 Å². The number of halogens is 1. The highest BCUT2D eigenvalue weighted by atomic mass is 19.1. The predicted molar refractivity (Wildman–Crippen MR) is 79.2 cm³/mol. The summed E-state index contributed by atoms with van der Waals surface area (Å²) in [5, 5.41) is 2.77. The van der Waals surface area contributed by atoms with E-state index in [1.807, 2.05) is 44.2 Å². The Balaban J connectivity index is 2.01. The quantitative estimate of drug-likeness (QED) is 0.884. The molecule has 0 aliphatic rings. The fourth-order valence-electron chi connectivity index (χ4n) is 2.11. The summed E-state index contributed by atoms with van der Waals surface area (Å²) >= 11 is 0. The van der Waals surface area contributed by atoms with Crippen LogP contribution in [0.2, 0.25) is 0 Å². The molecule has 0 saturated heterocycles. The van der Waals surface area contributed by atoms with Crippen molar-refractivity contribution in [2.75, 3.05) is 5.32 Å². The molecule has 1 unspecified atom stereocenters. The number of carbonyl (C=O) groups is 1. The Morgan fingerprint density at radius 3 is 2.60 bits per heavy atom. The Hall–Kier alpha value is -2.16. The van der Waals surface area contributed by atoms with Gasteiger partial charge < -0.3 is 5.32 Å². The second-order valence-corrected chi connectivity index (χ2v) is 5.02. The molecule has 104 valence electrons. The molecule has 2 aromatic rings. The summed E-state index contributed by atoms with van der Waals surface area (Å²) in [7, 11) is 0. The molecule has 1 N–H and O–H groups in total. The molecular weight excluding hydrogens is 253 g/mol. The van der Waals surface area contributed by atoms with Crippen molar-refractivity contribution in [2.24, 2.45) is 0 Å². The van der Waals surface area contributed by atoms with Crippen LogP contribution in [0.25, 0.3) is 0 Å². The van der Waals surface area contributed by atoms with E-state index in [9.17, 15) is 9.18 Å². The van der Waals surface area contributed by atoms with Crippen molar-refractivity contribution >= 4 is 11.6 Å². The highest BCUT2D eigenvalue weighted by Gasteiger charge is 2.12. The molecule has 0 fully saturated rings. The number of rotatable bonds is 4. The van der Waals surface area contributed by atoms with Crippen LogP contribution in [-0.4, -0.2) is 5.91 Å². The van der Waals surface area contributed by atoms with Crippen molar-refractivity contribution in [1.29, 1.82) is 0 Å². The summed E-state index contributed by atoms with van der Waals surface area (Å²) < 4.78 is 13.2. The molecular formula is C17H18FNO. The molecule has 1 amide bonds. The summed E-state index contributed by atoms with van der Waals surface area (Å²) in [6.07, 6.45) is 0.375. The van der Waals surface area contributed by atoms with Crippen LogP contribution in [0.15, 0.2) is 48.5 Å². The summed E-state index contributed by atoms with van der Waals surface area (Å²) in [5.41, 5.74) is 2.51. The zero-order valence-corrected chi connectivity index (χ0v) is 11.7. The number of amides is 1. The Morgan fingerprint density at radius 1 is 1.20 bits per heavy atom. The van der Waals surface area contributed by atoms with Gasteiger partial charge in [0.1, 0.15) is 5.82 Å². The van der Waals surface area contributed by atoms with Crippen molar-refractivity contribution in [3.05, 3.63) is 65.5 Å². The van der Waals surface area contributed by atoms with E-state index >= 15 is 0 Å². The minimum atomic E-state index is -0.345. The first-order valence-electron chi connectivity index (χ1n) is 6.67. The lowest BCUT2D eigenvalue weighted by Crippen LogP contribution is -2.15. The van der Waals surface area contributed by atoms with Crippen LogP contribution >= 0.6 is 0 Å². The molecule has 0 aliphatic heterocycles. The van der Waals surface area contributed by atoms with Crippen LogP contribution in [0.5, 0.6) is 0 Å². The fraction of sp³-hybridized carbons (Fsp3) is 0.235. The average molecular weight is 271 g/mol. The first kappa shape index (κ1) is 14.3. The largest absolute Gasteiger partial charge is 0.326 e. The maximum atomic E-state index is 13.2. The van der Waals surface area contributed by atoms with Gasteiger partial charge in [-0.25, -0.2) is 4.39 Å². The summed E-state index contributed by atoms with van der Waals surface area (Å²) in [4.78, 5) is 12.0. The highest BCUT2D eigenvalue weighted by molar-refractivity contribution is 5.91. The molecule has 0 aliphatic carbocycles. The van der Waals surface area contributed by atoms with E-state index in [0.717, 1.165) is 11.1 Å². The maximum absolute atomic E-state index is 13.2. The molecule has 0 bridgehead atoms. The molecule has 2 rings (SSSR count). The van der Waals surface area contributed by atoms with Gasteiger partial charge in [0, 0.05) is 12.1 Å². The molecule has 2 aromatic carbocycles. The average Bonchev–Trinajstić information content (AvgIpc) is 2.43. The zero-order chi connectivity index (χ0) is 14.5. The van der Waals surface area contributed by atoms with Gasteiger partial charge in [0.05, 0.1) is 0 Å². The molecule has 0 saturated carbocycles. The number of nitrogens with one attached hydrogen (secondary N) is 1. The van der Waals surface area contributed by atoms with E-state index in [0.29, 0.717) is 12.1 Å².